The van der Waals surface area contributed by atoms with E-state index < -0.39 is 0 Å². The van der Waals surface area contributed by atoms with Crippen molar-refractivity contribution in [3.63, 3.8) is 0 Å². The van der Waals surface area contributed by atoms with Gasteiger partial charge in [0.25, 0.3) is 0 Å². The lowest BCUT2D eigenvalue weighted by Gasteiger charge is -1.88. The molecule has 0 aliphatic carbocycles. The minimum atomic E-state index is 0.606. The molecule has 68 valence electrons. The first-order valence-corrected chi connectivity index (χ1v) is 4.61. The summed E-state index contributed by atoms with van der Waals surface area (Å²) in [5.74, 6) is 1.48. The lowest BCUT2D eigenvalue weighted by molar-refractivity contribution is 0.391. The van der Waals surface area contributed by atoms with Gasteiger partial charge in [-0.2, -0.15) is 5.21 Å². The molecule has 13 heavy (non-hydrogen) atoms. The van der Waals surface area contributed by atoms with Gasteiger partial charge >= 0.3 is 0 Å². The normalized spacial score (nSPS) is 10.5. The summed E-state index contributed by atoms with van der Waals surface area (Å²) in [6, 6.07) is 1.88. The van der Waals surface area contributed by atoms with Crippen molar-refractivity contribution in [2.45, 2.75) is 17.8 Å². The van der Waals surface area contributed by atoms with Crippen molar-refractivity contribution in [1.82, 2.24) is 25.8 Å². The van der Waals surface area contributed by atoms with E-state index in [0.717, 1.165) is 11.5 Å². The molecule has 0 saturated heterocycles. The first-order chi connectivity index (χ1) is 6.34. The number of nitrogens with zero attached hydrogens (tertiary/aromatic N) is 4. The summed E-state index contributed by atoms with van der Waals surface area (Å²) in [5, 5.41) is 17.8. The first-order valence-electron chi connectivity index (χ1n) is 3.63. The SMILES string of the molecule is Cc1cc(CSc2nn[nH]n2)on1. The fraction of sp³-hybridized carbons (Fsp3) is 0.333. The number of nitrogens with one attached hydrogen (secondary N) is 1. The van der Waals surface area contributed by atoms with E-state index in [1.54, 1.807) is 0 Å². The third-order valence-corrected chi connectivity index (χ3v) is 2.21. The Bertz CT molecular complexity index is 370. The molecule has 0 aromatic carbocycles. The van der Waals surface area contributed by atoms with Crippen LogP contribution in [0.1, 0.15) is 11.5 Å². The highest BCUT2D eigenvalue weighted by molar-refractivity contribution is 7.98. The van der Waals surface area contributed by atoms with Gasteiger partial charge in [0, 0.05) is 6.07 Å². The number of tetrazole rings is 1. The molecule has 2 heterocycles. The van der Waals surface area contributed by atoms with Crippen LogP contribution in [0.15, 0.2) is 15.7 Å². The predicted molar refractivity (Wildman–Crippen MR) is 45.0 cm³/mol. The first kappa shape index (κ1) is 8.24. The summed E-state index contributed by atoms with van der Waals surface area (Å²) in [4.78, 5) is 0. The molecule has 1 N–H and O–H groups in total. The van der Waals surface area contributed by atoms with Gasteiger partial charge in [-0.05, 0) is 12.1 Å². The summed E-state index contributed by atoms with van der Waals surface area (Å²) >= 11 is 1.44. The van der Waals surface area contributed by atoms with Crippen LogP contribution in [0, 0.1) is 6.92 Å². The molecule has 0 atom stereocenters. The van der Waals surface area contributed by atoms with Crippen molar-refractivity contribution >= 4 is 11.8 Å². The van der Waals surface area contributed by atoms with Crippen LogP contribution in [0.2, 0.25) is 0 Å². The van der Waals surface area contributed by atoms with E-state index in [2.05, 4.69) is 25.8 Å². The van der Waals surface area contributed by atoms with E-state index >= 15 is 0 Å². The summed E-state index contributed by atoms with van der Waals surface area (Å²) in [6.45, 7) is 1.88. The van der Waals surface area contributed by atoms with Crippen LogP contribution in [-0.4, -0.2) is 25.8 Å². The Balaban J connectivity index is 1.93. The van der Waals surface area contributed by atoms with Crippen LogP contribution in [-0.2, 0) is 5.75 Å². The van der Waals surface area contributed by atoms with E-state index in [0.29, 0.717) is 10.9 Å². The molecule has 0 spiro atoms. The van der Waals surface area contributed by atoms with Crippen molar-refractivity contribution in [1.29, 1.82) is 0 Å². The lowest BCUT2D eigenvalue weighted by Crippen LogP contribution is -1.78. The molecule has 0 amide bonds. The van der Waals surface area contributed by atoms with Crippen LogP contribution in [0.3, 0.4) is 0 Å². The second-order valence-electron chi connectivity index (χ2n) is 2.42. The molecule has 0 radical (unpaired) electrons. The van der Waals surface area contributed by atoms with E-state index in [-0.39, 0.29) is 0 Å². The van der Waals surface area contributed by atoms with E-state index in [4.69, 9.17) is 4.52 Å². The third kappa shape index (κ3) is 2.05. The Morgan fingerprint density at radius 3 is 3.15 bits per heavy atom. The number of rotatable bonds is 3. The highest BCUT2D eigenvalue weighted by Crippen LogP contribution is 2.17. The lowest BCUT2D eigenvalue weighted by atomic mass is 10.4. The quantitative estimate of drug-likeness (QED) is 0.732. The Labute approximate surface area is 78.1 Å². The number of hydrogen-bond donors (Lipinski definition) is 1. The zero-order valence-corrected chi connectivity index (χ0v) is 7.71. The maximum Gasteiger partial charge on any atom is 0.231 e. The highest BCUT2D eigenvalue weighted by Gasteiger charge is 2.04. The minimum absolute atomic E-state index is 0.606. The summed E-state index contributed by atoms with van der Waals surface area (Å²) in [5.41, 5.74) is 0.878. The van der Waals surface area contributed by atoms with Gasteiger partial charge in [-0.25, -0.2) is 0 Å². The van der Waals surface area contributed by atoms with Crippen LogP contribution in [0.4, 0.5) is 0 Å². The largest absolute Gasteiger partial charge is 0.360 e. The van der Waals surface area contributed by atoms with Gasteiger partial charge in [0.1, 0.15) is 5.76 Å². The summed E-state index contributed by atoms with van der Waals surface area (Å²) in [6.07, 6.45) is 0. The Morgan fingerprint density at radius 1 is 1.62 bits per heavy atom. The molecular weight excluding hydrogens is 190 g/mol. The van der Waals surface area contributed by atoms with E-state index in [1.807, 2.05) is 13.0 Å². The number of thioether (sulfide) groups is 1. The van der Waals surface area contributed by atoms with Gasteiger partial charge in [0.15, 0.2) is 0 Å². The van der Waals surface area contributed by atoms with Gasteiger partial charge in [-0.15, -0.1) is 10.2 Å². The second kappa shape index (κ2) is 3.56. The van der Waals surface area contributed by atoms with Crippen molar-refractivity contribution in [2.24, 2.45) is 0 Å². The number of H-pyrrole nitrogens is 1. The van der Waals surface area contributed by atoms with Gasteiger partial charge < -0.3 is 4.52 Å². The van der Waals surface area contributed by atoms with E-state index in [1.165, 1.54) is 11.8 Å². The molecule has 6 nitrogen and oxygen atoms in total. The fourth-order valence-electron chi connectivity index (χ4n) is 0.834. The molecule has 7 heteroatoms. The highest BCUT2D eigenvalue weighted by atomic mass is 32.2. The molecule has 2 rings (SSSR count). The molecule has 0 unspecified atom stereocenters. The van der Waals surface area contributed by atoms with Crippen molar-refractivity contribution in [2.75, 3.05) is 0 Å². The topological polar surface area (TPSA) is 80.5 Å². The van der Waals surface area contributed by atoms with Crippen molar-refractivity contribution in [3.8, 4) is 0 Å². The summed E-state index contributed by atoms with van der Waals surface area (Å²) in [7, 11) is 0. The molecule has 0 aliphatic heterocycles. The average Bonchev–Trinajstić information content (AvgIpc) is 2.71. The molecule has 2 aromatic rings. The predicted octanol–water partition coefficient (Wildman–Crippen LogP) is 0.788. The molecule has 0 bridgehead atoms. The van der Waals surface area contributed by atoms with E-state index in [9.17, 15) is 0 Å². The van der Waals surface area contributed by atoms with Crippen LogP contribution >= 0.6 is 11.8 Å². The summed E-state index contributed by atoms with van der Waals surface area (Å²) < 4.78 is 5.01. The maximum absolute atomic E-state index is 5.01. The van der Waals surface area contributed by atoms with Gasteiger partial charge in [0.05, 0.1) is 11.4 Å². The minimum Gasteiger partial charge on any atom is -0.360 e. The molecule has 0 fully saturated rings. The monoisotopic (exact) mass is 197 g/mol. The van der Waals surface area contributed by atoms with Crippen molar-refractivity contribution in [3.05, 3.63) is 17.5 Å². The number of aryl methyl sites for hydroxylation is 1. The van der Waals surface area contributed by atoms with Crippen LogP contribution in [0.5, 0.6) is 0 Å². The molecule has 2 aromatic heterocycles. The number of aromatic nitrogens is 5. The second-order valence-corrected chi connectivity index (χ2v) is 3.36. The molecule has 0 saturated carbocycles. The van der Waals surface area contributed by atoms with Crippen molar-refractivity contribution < 1.29 is 4.52 Å². The Morgan fingerprint density at radius 2 is 2.54 bits per heavy atom. The molecular formula is C6H7N5OS. The fourth-order valence-corrected chi connectivity index (χ4v) is 1.45. The Hall–Kier alpha value is -1.37. The van der Waals surface area contributed by atoms with Gasteiger partial charge in [-0.3, -0.25) is 0 Å². The van der Waals surface area contributed by atoms with Crippen LogP contribution < -0.4 is 0 Å². The average molecular weight is 197 g/mol. The maximum atomic E-state index is 5.01. The standard InChI is InChI=1S/C6H7N5OS/c1-4-2-5(12-9-4)3-13-6-7-10-11-8-6/h2H,3H2,1H3,(H,7,8,10,11). The smallest absolute Gasteiger partial charge is 0.231 e. The van der Waals surface area contributed by atoms with Gasteiger partial charge in [0.2, 0.25) is 5.16 Å². The molecule has 0 aliphatic rings. The zero-order chi connectivity index (χ0) is 9.10. The zero-order valence-electron chi connectivity index (χ0n) is 6.89. The third-order valence-electron chi connectivity index (χ3n) is 1.35. The van der Waals surface area contributed by atoms with Crippen LogP contribution in [0.25, 0.3) is 0 Å². The Kier molecular flexibility index (Phi) is 2.26. The number of aromatic amines is 1. The van der Waals surface area contributed by atoms with Gasteiger partial charge in [-0.1, -0.05) is 16.9 Å². The number of hydrogen-bond acceptors (Lipinski definition) is 6.